The average Bonchev–Trinajstić information content (AvgIpc) is 3.23. The van der Waals surface area contributed by atoms with Crippen molar-refractivity contribution in [2.75, 3.05) is 28.1 Å². The zero-order valence-electron chi connectivity index (χ0n) is 19.6. The summed E-state index contributed by atoms with van der Waals surface area (Å²) in [5.41, 5.74) is 2.27. The highest BCUT2D eigenvalue weighted by atomic mass is 28.4. The highest BCUT2D eigenvalue weighted by Gasteiger charge is 2.39. The largest absolute Gasteiger partial charge is 0.544 e. The summed E-state index contributed by atoms with van der Waals surface area (Å²) in [4.78, 5) is 12.5. The molecule has 8 nitrogen and oxygen atoms in total. The minimum Gasteiger partial charge on any atom is -0.544 e. The third kappa shape index (κ3) is 4.20. The molecule has 176 valence electrons. The van der Waals surface area contributed by atoms with Gasteiger partial charge in [-0.15, -0.1) is 0 Å². The Kier molecular flexibility index (Phi) is 5.92. The summed E-state index contributed by atoms with van der Waals surface area (Å²) in [6.45, 7) is 6.29. The van der Waals surface area contributed by atoms with E-state index < -0.39 is 26.1 Å². The van der Waals surface area contributed by atoms with Crippen LogP contribution in [0.1, 0.15) is 22.6 Å². The fraction of sp³-hybridized carbons (Fsp3) is 0.375. The van der Waals surface area contributed by atoms with Gasteiger partial charge in [-0.3, -0.25) is 4.79 Å². The van der Waals surface area contributed by atoms with E-state index in [0.29, 0.717) is 40.1 Å². The first-order valence-corrected chi connectivity index (χ1v) is 13.9. The second-order valence-corrected chi connectivity index (χ2v) is 13.3. The van der Waals surface area contributed by atoms with Gasteiger partial charge in [0.05, 0.1) is 27.2 Å². The molecule has 0 amide bonds. The van der Waals surface area contributed by atoms with Gasteiger partial charge < -0.3 is 33.2 Å². The molecular formula is C24H28O8Si. The van der Waals surface area contributed by atoms with Crippen molar-refractivity contribution in [1.29, 1.82) is 0 Å². The number of hydrogen-bond acceptors (Lipinski definition) is 7. The van der Waals surface area contributed by atoms with Gasteiger partial charge in [-0.25, -0.2) is 0 Å². The first-order valence-electron chi connectivity index (χ1n) is 10.5. The molecule has 2 aromatic carbocycles. The van der Waals surface area contributed by atoms with E-state index >= 15 is 0 Å². The molecule has 2 aromatic rings. The van der Waals surface area contributed by atoms with Gasteiger partial charge in [-0.1, -0.05) is 0 Å². The molecule has 9 heteroatoms. The standard InChI is InChI=1S/C24H28O8Si/c1-27-20-7-13(8-21(28-2)23(20)29-3)22-15-10-19-18(30-12-31-19)9-14(15)17(32-33(4,5)6)11-16(22)24(25)26/h7-11,16,22H,12H2,1-6H3,(H,25,26). The van der Waals surface area contributed by atoms with Crippen LogP contribution in [-0.4, -0.2) is 47.5 Å². The summed E-state index contributed by atoms with van der Waals surface area (Å²) in [6, 6.07) is 7.29. The van der Waals surface area contributed by atoms with Crippen molar-refractivity contribution in [1.82, 2.24) is 0 Å². The lowest BCUT2D eigenvalue weighted by Crippen LogP contribution is -2.30. The van der Waals surface area contributed by atoms with Crippen LogP contribution < -0.4 is 23.7 Å². The third-order valence-electron chi connectivity index (χ3n) is 5.58. The number of ether oxygens (including phenoxy) is 5. The number of carbonyl (C=O) groups is 1. The molecule has 2 aliphatic rings. The van der Waals surface area contributed by atoms with Gasteiger partial charge in [-0.05, 0) is 61.1 Å². The van der Waals surface area contributed by atoms with Crippen LogP contribution in [0, 0.1) is 5.92 Å². The van der Waals surface area contributed by atoms with Gasteiger partial charge in [-0.2, -0.15) is 0 Å². The molecule has 1 aliphatic carbocycles. The van der Waals surface area contributed by atoms with Gasteiger partial charge in [0.1, 0.15) is 5.76 Å². The number of rotatable bonds is 7. The van der Waals surface area contributed by atoms with E-state index in [0.717, 1.165) is 11.1 Å². The molecule has 0 aromatic heterocycles. The summed E-state index contributed by atoms with van der Waals surface area (Å²) in [6.07, 6.45) is 1.69. The normalized spacial score (nSPS) is 18.8. The predicted molar refractivity (Wildman–Crippen MR) is 124 cm³/mol. The topological polar surface area (TPSA) is 92.7 Å². The molecule has 1 N–H and O–H groups in total. The van der Waals surface area contributed by atoms with Crippen molar-refractivity contribution in [2.45, 2.75) is 25.6 Å². The summed E-state index contributed by atoms with van der Waals surface area (Å²) in [5, 5.41) is 10.2. The van der Waals surface area contributed by atoms with Gasteiger partial charge in [0, 0.05) is 11.5 Å². The van der Waals surface area contributed by atoms with Gasteiger partial charge >= 0.3 is 5.97 Å². The highest BCUT2D eigenvalue weighted by molar-refractivity contribution is 6.70. The number of benzene rings is 2. The summed E-state index contributed by atoms with van der Waals surface area (Å²) in [5.74, 6) is 0.684. The van der Waals surface area contributed by atoms with E-state index in [1.807, 2.05) is 12.1 Å². The number of fused-ring (bicyclic) bond motifs is 2. The lowest BCUT2D eigenvalue weighted by Gasteiger charge is -2.33. The maximum absolute atomic E-state index is 12.5. The maximum Gasteiger partial charge on any atom is 0.311 e. The molecule has 0 bridgehead atoms. The van der Waals surface area contributed by atoms with E-state index in [1.54, 1.807) is 18.2 Å². The molecule has 0 spiro atoms. The predicted octanol–water partition coefficient (Wildman–Crippen LogP) is 4.48. The Balaban J connectivity index is 1.96. The molecule has 0 saturated heterocycles. The zero-order chi connectivity index (χ0) is 23.9. The number of aliphatic carboxylic acids is 1. The van der Waals surface area contributed by atoms with E-state index in [1.165, 1.54) is 21.3 Å². The Morgan fingerprint density at radius 2 is 1.58 bits per heavy atom. The Hall–Kier alpha value is -3.33. The van der Waals surface area contributed by atoms with Crippen LogP contribution in [0.25, 0.3) is 5.76 Å². The Morgan fingerprint density at radius 1 is 0.970 bits per heavy atom. The van der Waals surface area contributed by atoms with Crippen molar-refractivity contribution in [3.63, 3.8) is 0 Å². The Morgan fingerprint density at radius 3 is 2.09 bits per heavy atom. The fourth-order valence-electron chi connectivity index (χ4n) is 4.27. The van der Waals surface area contributed by atoms with Gasteiger partial charge in [0.15, 0.2) is 23.0 Å². The molecule has 0 radical (unpaired) electrons. The molecule has 1 heterocycles. The SMILES string of the molecule is COc1cc(C2c3cc4c(cc3C(O[Si](C)(C)C)=CC2C(=O)O)OCO4)cc(OC)c1OC. The van der Waals surface area contributed by atoms with Gasteiger partial charge in [0.25, 0.3) is 0 Å². The van der Waals surface area contributed by atoms with Crippen molar-refractivity contribution >= 4 is 20.0 Å². The first-order chi connectivity index (χ1) is 15.7. The average molecular weight is 473 g/mol. The van der Waals surface area contributed by atoms with Crippen LogP contribution in [-0.2, 0) is 9.22 Å². The molecule has 0 fully saturated rings. The molecule has 1 aliphatic heterocycles. The summed E-state index contributed by atoms with van der Waals surface area (Å²) < 4.78 is 34.0. The van der Waals surface area contributed by atoms with E-state index in [2.05, 4.69) is 19.6 Å². The van der Waals surface area contributed by atoms with Crippen LogP contribution in [0.5, 0.6) is 28.7 Å². The van der Waals surface area contributed by atoms with E-state index in [4.69, 9.17) is 28.1 Å². The fourth-order valence-corrected chi connectivity index (χ4v) is 5.11. The zero-order valence-corrected chi connectivity index (χ0v) is 20.6. The van der Waals surface area contributed by atoms with Crippen molar-refractivity contribution < 1.29 is 38.0 Å². The second kappa shape index (κ2) is 8.55. The molecular weight excluding hydrogens is 444 g/mol. The molecule has 2 unspecified atom stereocenters. The second-order valence-electron chi connectivity index (χ2n) is 8.84. The highest BCUT2D eigenvalue weighted by Crippen LogP contribution is 2.50. The lowest BCUT2D eigenvalue weighted by molar-refractivity contribution is -0.140. The Bertz CT molecular complexity index is 1090. The van der Waals surface area contributed by atoms with Crippen LogP contribution in [0.2, 0.25) is 19.6 Å². The van der Waals surface area contributed by atoms with Crippen LogP contribution in [0.4, 0.5) is 0 Å². The third-order valence-corrected chi connectivity index (χ3v) is 6.42. The number of carboxylic acids is 1. The smallest absolute Gasteiger partial charge is 0.311 e. The monoisotopic (exact) mass is 472 g/mol. The van der Waals surface area contributed by atoms with Crippen molar-refractivity contribution in [2.24, 2.45) is 5.92 Å². The Labute approximate surface area is 193 Å². The minimum atomic E-state index is -2.04. The summed E-state index contributed by atoms with van der Waals surface area (Å²) in [7, 11) is 2.55. The van der Waals surface area contributed by atoms with Crippen LogP contribution in [0.3, 0.4) is 0 Å². The molecule has 33 heavy (non-hydrogen) atoms. The van der Waals surface area contributed by atoms with Crippen LogP contribution >= 0.6 is 0 Å². The number of carboxylic acid groups (broad SMARTS) is 1. The number of hydrogen-bond donors (Lipinski definition) is 1. The van der Waals surface area contributed by atoms with Crippen molar-refractivity contribution in [3.05, 3.63) is 47.0 Å². The molecule has 0 saturated carbocycles. The molecule has 4 rings (SSSR count). The lowest BCUT2D eigenvalue weighted by atomic mass is 9.74. The van der Waals surface area contributed by atoms with Crippen molar-refractivity contribution in [3.8, 4) is 28.7 Å². The minimum absolute atomic E-state index is 0.114. The van der Waals surface area contributed by atoms with Crippen LogP contribution in [0.15, 0.2) is 30.3 Å². The van der Waals surface area contributed by atoms with E-state index in [-0.39, 0.29) is 6.79 Å². The number of methoxy groups -OCH3 is 3. The molecule has 2 atom stereocenters. The van der Waals surface area contributed by atoms with Gasteiger partial charge in [0.2, 0.25) is 20.9 Å². The summed E-state index contributed by atoms with van der Waals surface area (Å²) >= 11 is 0. The quantitative estimate of drug-likeness (QED) is 0.590. The van der Waals surface area contributed by atoms with E-state index in [9.17, 15) is 9.90 Å². The first kappa shape index (κ1) is 22.8. The maximum atomic E-state index is 12.5.